The summed E-state index contributed by atoms with van der Waals surface area (Å²) in [6.07, 6.45) is 5.48. The van der Waals surface area contributed by atoms with Crippen molar-refractivity contribution >= 4 is 28.2 Å². The Hall–Kier alpha value is -1.32. The fraction of sp³-hybridized carbons (Fsp3) is 0.471. The van der Waals surface area contributed by atoms with E-state index in [2.05, 4.69) is 28.2 Å². The van der Waals surface area contributed by atoms with Crippen molar-refractivity contribution < 1.29 is 0 Å². The van der Waals surface area contributed by atoms with Gasteiger partial charge in [-0.25, -0.2) is 0 Å². The SMILES string of the molecule is CCN1CCCC(Nc2ccc(Cl)c3cccnc23)CC1. The number of benzene rings is 1. The van der Waals surface area contributed by atoms with E-state index in [1.807, 2.05) is 24.4 Å². The molecule has 112 valence electrons. The molecule has 1 unspecified atom stereocenters. The Labute approximate surface area is 131 Å². The number of rotatable bonds is 3. The summed E-state index contributed by atoms with van der Waals surface area (Å²) in [7, 11) is 0. The summed E-state index contributed by atoms with van der Waals surface area (Å²) in [4.78, 5) is 7.03. The average molecular weight is 304 g/mol. The van der Waals surface area contributed by atoms with Gasteiger partial charge >= 0.3 is 0 Å². The molecule has 0 spiro atoms. The lowest BCUT2D eigenvalue weighted by atomic mass is 10.1. The van der Waals surface area contributed by atoms with Crippen molar-refractivity contribution in [3.05, 3.63) is 35.5 Å². The van der Waals surface area contributed by atoms with E-state index >= 15 is 0 Å². The molecule has 2 aromatic rings. The van der Waals surface area contributed by atoms with Gasteiger partial charge in [0.15, 0.2) is 0 Å². The van der Waals surface area contributed by atoms with Crippen LogP contribution in [0.25, 0.3) is 10.9 Å². The summed E-state index contributed by atoms with van der Waals surface area (Å²) in [5, 5.41) is 5.47. The lowest BCUT2D eigenvalue weighted by Crippen LogP contribution is -2.26. The first-order valence-electron chi connectivity index (χ1n) is 7.80. The van der Waals surface area contributed by atoms with Crippen molar-refractivity contribution in [2.75, 3.05) is 25.0 Å². The molecule has 1 aliphatic heterocycles. The van der Waals surface area contributed by atoms with Gasteiger partial charge in [-0.3, -0.25) is 4.98 Å². The molecule has 1 fully saturated rings. The van der Waals surface area contributed by atoms with Gasteiger partial charge in [0, 0.05) is 24.2 Å². The van der Waals surface area contributed by atoms with Gasteiger partial charge < -0.3 is 10.2 Å². The number of likely N-dealkylation sites (tertiary alicyclic amines) is 1. The van der Waals surface area contributed by atoms with E-state index in [1.165, 1.54) is 32.4 Å². The van der Waals surface area contributed by atoms with E-state index in [0.717, 1.165) is 28.2 Å². The Bertz CT molecular complexity index is 614. The zero-order chi connectivity index (χ0) is 14.7. The number of hydrogen-bond acceptors (Lipinski definition) is 3. The normalized spacial score (nSPS) is 20.4. The Morgan fingerprint density at radius 1 is 1.29 bits per heavy atom. The number of fused-ring (bicyclic) bond motifs is 1. The summed E-state index contributed by atoms with van der Waals surface area (Å²) in [5.41, 5.74) is 2.08. The maximum absolute atomic E-state index is 6.26. The van der Waals surface area contributed by atoms with Crippen LogP contribution in [0.2, 0.25) is 5.02 Å². The van der Waals surface area contributed by atoms with Crippen LogP contribution in [0.4, 0.5) is 5.69 Å². The molecule has 0 amide bonds. The van der Waals surface area contributed by atoms with Crippen molar-refractivity contribution in [1.82, 2.24) is 9.88 Å². The lowest BCUT2D eigenvalue weighted by Gasteiger charge is -2.20. The highest BCUT2D eigenvalue weighted by Crippen LogP contribution is 2.29. The topological polar surface area (TPSA) is 28.2 Å². The molecule has 1 N–H and O–H groups in total. The Morgan fingerprint density at radius 2 is 2.19 bits per heavy atom. The van der Waals surface area contributed by atoms with Gasteiger partial charge in [0.05, 0.1) is 16.2 Å². The fourth-order valence-corrected chi connectivity index (χ4v) is 3.31. The molecule has 1 aromatic heterocycles. The average Bonchev–Trinajstić information content (AvgIpc) is 2.75. The molecule has 0 aliphatic carbocycles. The van der Waals surface area contributed by atoms with Crippen LogP contribution in [-0.2, 0) is 0 Å². The predicted molar refractivity (Wildman–Crippen MR) is 90.1 cm³/mol. The zero-order valence-corrected chi connectivity index (χ0v) is 13.2. The molecule has 2 heterocycles. The van der Waals surface area contributed by atoms with Crippen LogP contribution in [0.3, 0.4) is 0 Å². The van der Waals surface area contributed by atoms with Crippen LogP contribution in [0, 0.1) is 0 Å². The summed E-state index contributed by atoms with van der Waals surface area (Å²) in [6.45, 7) is 5.78. The Kier molecular flexibility index (Phi) is 4.61. The predicted octanol–water partition coefficient (Wildman–Crippen LogP) is 4.17. The maximum atomic E-state index is 6.26. The highest BCUT2D eigenvalue weighted by Gasteiger charge is 2.17. The quantitative estimate of drug-likeness (QED) is 0.922. The molecular weight excluding hydrogens is 282 g/mol. The molecule has 1 aromatic carbocycles. The van der Waals surface area contributed by atoms with Gasteiger partial charge in [-0.2, -0.15) is 0 Å². The van der Waals surface area contributed by atoms with Crippen LogP contribution < -0.4 is 5.32 Å². The van der Waals surface area contributed by atoms with E-state index < -0.39 is 0 Å². The number of halogens is 1. The minimum absolute atomic E-state index is 0.521. The van der Waals surface area contributed by atoms with Crippen LogP contribution in [0.15, 0.2) is 30.5 Å². The van der Waals surface area contributed by atoms with Crippen LogP contribution in [0.5, 0.6) is 0 Å². The molecule has 4 heteroatoms. The smallest absolute Gasteiger partial charge is 0.0948 e. The highest BCUT2D eigenvalue weighted by molar-refractivity contribution is 6.35. The van der Waals surface area contributed by atoms with Gasteiger partial charge in [-0.15, -0.1) is 0 Å². The molecule has 1 saturated heterocycles. The van der Waals surface area contributed by atoms with Crippen LogP contribution in [-0.4, -0.2) is 35.6 Å². The third kappa shape index (κ3) is 3.30. The minimum atomic E-state index is 0.521. The second-order valence-electron chi connectivity index (χ2n) is 5.70. The Morgan fingerprint density at radius 3 is 3.05 bits per heavy atom. The number of nitrogens with one attached hydrogen (secondary N) is 1. The fourth-order valence-electron chi connectivity index (χ4n) is 3.09. The van der Waals surface area contributed by atoms with E-state index in [9.17, 15) is 0 Å². The van der Waals surface area contributed by atoms with Gasteiger partial charge in [0.1, 0.15) is 0 Å². The van der Waals surface area contributed by atoms with E-state index in [4.69, 9.17) is 11.6 Å². The monoisotopic (exact) mass is 303 g/mol. The van der Waals surface area contributed by atoms with Crippen molar-refractivity contribution in [3.8, 4) is 0 Å². The highest BCUT2D eigenvalue weighted by atomic mass is 35.5. The summed E-state index contributed by atoms with van der Waals surface area (Å²) in [6, 6.07) is 8.50. The molecule has 0 saturated carbocycles. The largest absolute Gasteiger partial charge is 0.380 e. The van der Waals surface area contributed by atoms with Gasteiger partial charge in [0.2, 0.25) is 0 Å². The number of nitrogens with zero attached hydrogens (tertiary/aromatic N) is 2. The molecule has 3 rings (SSSR count). The van der Waals surface area contributed by atoms with Gasteiger partial charge in [-0.1, -0.05) is 18.5 Å². The third-order valence-electron chi connectivity index (χ3n) is 4.34. The van der Waals surface area contributed by atoms with Gasteiger partial charge in [-0.05, 0) is 56.6 Å². The maximum Gasteiger partial charge on any atom is 0.0948 e. The van der Waals surface area contributed by atoms with Crippen molar-refractivity contribution in [1.29, 1.82) is 0 Å². The summed E-state index contributed by atoms with van der Waals surface area (Å²) in [5.74, 6) is 0. The second kappa shape index (κ2) is 6.63. The van der Waals surface area contributed by atoms with Gasteiger partial charge in [0.25, 0.3) is 0 Å². The first-order valence-corrected chi connectivity index (χ1v) is 8.18. The molecule has 21 heavy (non-hydrogen) atoms. The third-order valence-corrected chi connectivity index (χ3v) is 4.67. The number of anilines is 1. The molecule has 0 bridgehead atoms. The molecule has 3 nitrogen and oxygen atoms in total. The van der Waals surface area contributed by atoms with E-state index in [-0.39, 0.29) is 0 Å². The number of hydrogen-bond donors (Lipinski definition) is 1. The van der Waals surface area contributed by atoms with Crippen LogP contribution >= 0.6 is 11.6 Å². The molecule has 0 radical (unpaired) electrons. The zero-order valence-electron chi connectivity index (χ0n) is 12.5. The molecule has 1 atom stereocenters. The van der Waals surface area contributed by atoms with Crippen molar-refractivity contribution in [2.45, 2.75) is 32.2 Å². The van der Waals surface area contributed by atoms with Crippen molar-refractivity contribution in [2.24, 2.45) is 0 Å². The van der Waals surface area contributed by atoms with E-state index in [1.54, 1.807) is 0 Å². The number of pyridine rings is 1. The van der Waals surface area contributed by atoms with Crippen molar-refractivity contribution in [3.63, 3.8) is 0 Å². The minimum Gasteiger partial charge on any atom is -0.380 e. The first kappa shape index (κ1) is 14.6. The summed E-state index contributed by atoms with van der Waals surface area (Å²) < 4.78 is 0. The van der Waals surface area contributed by atoms with Crippen LogP contribution in [0.1, 0.15) is 26.2 Å². The molecular formula is C17H22ClN3. The number of aromatic nitrogens is 1. The standard InChI is InChI=1S/C17H22ClN3/c1-2-21-11-4-5-13(9-12-21)20-16-8-7-15(18)14-6-3-10-19-17(14)16/h3,6-8,10,13,20H,2,4-5,9,11-12H2,1H3. The van der Waals surface area contributed by atoms with E-state index in [0.29, 0.717) is 6.04 Å². The molecule has 1 aliphatic rings. The lowest BCUT2D eigenvalue weighted by molar-refractivity contribution is 0.300. The Balaban J connectivity index is 1.80. The summed E-state index contributed by atoms with van der Waals surface area (Å²) >= 11 is 6.26. The first-order chi connectivity index (χ1) is 10.3. The second-order valence-corrected chi connectivity index (χ2v) is 6.11.